The largest absolute Gasteiger partial charge is 0.479 e. The molecule has 0 aliphatic carbocycles. The molecule has 0 fully saturated rings. The topological polar surface area (TPSA) is 67.8 Å². The number of methoxy groups -OCH3 is 1. The van der Waals surface area contributed by atoms with Crippen molar-refractivity contribution in [2.24, 2.45) is 0 Å². The van der Waals surface area contributed by atoms with Crippen molar-refractivity contribution in [3.05, 3.63) is 28.8 Å². The molecular weight excluding hydrogens is 294 g/mol. The number of nitrogens with one attached hydrogen (secondary N) is 1. The molecule has 1 rings (SSSR count). The molecule has 2 atom stereocenters. The fourth-order valence-electron chi connectivity index (χ4n) is 1.69. The molecule has 0 saturated carbocycles. The van der Waals surface area contributed by atoms with E-state index in [0.717, 1.165) is 6.42 Å². The predicted octanol–water partition coefficient (Wildman–Crippen LogP) is 2.31. The molecule has 5 nitrogen and oxygen atoms in total. The first-order chi connectivity index (χ1) is 9.95. The Hall–Kier alpha value is -1.30. The van der Waals surface area contributed by atoms with Crippen molar-refractivity contribution >= 4 is 17.5 Å². The maximum Gasteiger partial charge on any atom is 0.260 e. The van der Waals surface area contributed by atoms with Crippen molar-refractivity contribution in [3.8, 4) is 5.75 Å². The van der Waals surface area contributed by atoms with Crippen molar-refractivity contribution < 1.29 is 19.4 Å². The fourth-order valence-corrected chi connectivity index (χ4v) is 1.92. The summed E-state index contributed by atoms with van der Waals surface area (Å²) in [6, 6.07) is 5.00. The molecule has 0 aliphatic rings. The number of hydrogen-bond acceptors (Lipinski definition) is 4. The first kappa shape index (κ1) is 17.8. The molecule has 0 spiro atoms. The second-order valence-corrected chi connectivity index (χ2v) is 5.17. The van der Waals surface area contributed by atoms with Gasteiger partial charge in [-0.2, -0.15) is 0 Å². The number of rotatable bonds is 8. The van der Waals surface area contributed by atoms with Crippen LogP contribution in [-0.4, -0.2) is 37.4 Å². The maximum atomic E-state index is 11.8. The summed E-state index contributed by atoms with van der Waals surface area (Å²) >= 11 is 6.08. The van der Waals surface area contributed by atoms with Gasteiger partial charge in [-0.15, -0.1) is 0 Å². The Bertz CT molecular complexity index is 465. The summed E-state index contributed by atoms with van der Waals surface area (Å²) < 4.78 is 10.4. The number of carbonyl (C=O) groups excluding carboxylic acids is 1. The molecule has 0 heterocycles. The van der Waals surface area contributed by atoms with E-state index in [2.05, 4.69) is 5.32 Å². The third-order valence-electron chi connectivity index (χ3n) is 2.94. The fraction of sp³-hybridized carbons (Fsp3) is 0.533. The van der Waals surface area contributed by atoms with Gasteiger partial charge in [0.15, 0.2) is 6.10 Å². The summed E-state index contributed by atoms with van der Waals surface area (Å²) in [6.07, 6.45) is -0.501. The van der Waals surface area contributed by atoms with Crippen LogP contribution in [0.4, 0.5) is 0 Å². The monoisotopic (exact) mass is 315 g/mol. The van der Waals surface area contributed by atoms with E-state index in [0.29, 0.717) is 29.5 Å². The molecule has 118 valence electrons. The zero-order valence-electron chi connectivity index (χ0n) is 12.6. The second-order valence-electron chi connectivity index (χ2n) is 4.76. The average molecular weight is 316 g/mol. The number of amides is 1. The summed E-state index contributed by atoms with van der Waals surface area (Å²) in [6.45, 7) is 4.45. The van der Waals surface area contributed by atoms with Crippen molar-refractivity contribution in [2.45, 2.75) is 32.5 Å². The van der Waals surface area contributed by atoms with E-state index in [1.54, 1.807) is 39.2 Å². The van der Waals surface area contributed by atoms with Crippen LogP contribution in [-0.2, 0) is 9.53 Å². The third-order valence-corrected chi connectivity index (χ3v) is 3.23. The van der Waals surface area contributed by atoms with Gasteiger partial charge >= 0.3 is 0 Å². The van der Waals surface area contributed by atoms with Crippen LogP contribution >= 0.6 is 11.6 Å². The normalized spacial score (nSPS) is 13.6. The molecule has 2 N–H and O–H groups in total. The highest BCUT2D eigenvalue weighted by atomic mass is 35.5. The Morgan fingerprint density at radius 1 is 1.43 bits per heavy atom. The van der Waals surface area contributed by atoms with Gasteiger partial charge in [0, 0.05) is 20.3 Å². The van der Waals surface area contributed by atoms with Crippen LogP contribution in [0.3, 0.4) is 0 Å². The molecule has 1 amide bonds. The van der Waals surface area contributed by atoms with Crippen LogP contribution in [0, 0.1) is 0 Å². The Labute approximate surface area is 130 Å². The van der Waals surface area contributed by atoms with E-state index in [1.165, 1.54) is 0 Å². The standard InChI is InChI=1S/C15H22ClNO4/c1-10(18)12-5-6-14(13(16)9-12)21-11(2)15(19)17-7-4-8-20-3/h5-6,9-11,18H,4,7-8H2,1-3H3,(H,17,19). The van der Waals surface area contributed by atoms with Gasteiger partial charge in [-0.25, -0.2) is 0 Å². The van der Waals surface area contributed by atoms with E-state index in [9.17, 15) is 9.90 Å². The Morgan fingerprint density at radius 2 is 2.14 bits per heavy atom. The summed E-state index contributed by atoms with van der Waals surface area (Å²) in [5.41, 5.74) is 0.698. The molecule has 21 heavy (non-hydrogen) atoms. The number of carbonyl (C=O) groups is 1. The van der Waals surface area contributed by atoms with Gasteiger partial charge in [-0.1, -0.05) is 17.7 Å². The van der Waals surface area contributed by atoms with Crippen molar-refractivity contribution in [3.63, 3.8) is 0 Å². The van der Waals surface area contributed by atoms with Gasteiger partial charge < -0.3 is 19.9 Å². The van der Waals surface area contributed by atoms with E-state index in [-0.39, 0.29) is 5.91 Å². The zero-order chi connectivity index (χ0) is 15.8. The zero-order valence-corrected chi connectivity index (χ0v) is 13.3. The van der Waals surface area contributed by atoms with Crippen LogP contribution in [0.5, 0.6) is 5.75 Å². The molecule has 0 saturated heterocycles. The molecular formula is C15H22ClNO4. The number of hydrogen-bond donors (Lipinski definition) is 2. The second kappa shape index (κ2) is 8.87. The highest BCUT2D eigenvalue weighted by Crippen LogP contribution is 2.28. The van der Waals surface area contributed by atoms with Gasteiger partial charge in [0.25, 0.3) is 5.91 Å². The molecule has 1 aromatic carbocycles. The Kier molecular flexibility index (Phi) is 7.50. The van der Waals surface area contributed by atoms with Crippen LogP contribution in [0.2, 0.25) is 5.02 Å². The number of halogens is 1. The SMILES string of the molecule is COCCCNC(=O)C(C)Oc1ccc(C(C)O)cc1Cl. The molecule has 0 aliphatic heterocycles. The molecule has 0 aromatic heterocycles. The van der Waals surface area contributed by atoms with Crippen LogP contribution in [0.15, 0.2) is 18.2 Å². The van der Waals surface area contributed by atoms with Gasteiger partial charge in [0.2, 0.25) is 0 Å². The third kappa shape index (κ3) is 5.91. The van der Waals surface area contributed by atoms with Gasteiger partial charge in [-0.05, 0) is 38.0 Å². The van der Waals surface area contributed by atoms with E-state index < -0.39 is 12.2 Å². The molecule has 2 unspecified atom stereocenters. The van der Waals surface area contributed by atoms with E-state index in [1.807, 2.05) is 0 Å². The lowest BCUT2D eigenvalue weighted by molar-refractivity contribution is -0.127. The maximum absolute atomic E-state index is 11.8. The Balaban J connectivity index is 2.54. The predicted molar refractivity (Wildman–Crippen MR) is 81.7 cm³/mol. The smallest absolute Gasteiger partial charge is 0.260 e. The number of aliphatic hydroxyl groups is 1. The van der Waals surface area contributed by atoms with Gasteiger partial charge in [0.1, 0.15) is 5.75 Å². The van der Waals surface area contributed by atoms with Gasteiger partial charge in [0.05, 0.1) is 11.1 Å². The molecule has 6 heteroatoms. The first-order valence-corrected chi connectivity index (χ1v) is 7.24. The first-order valence-electron chi connectivity index (χ1n) is 6.86. The highest BCUT2D eigenvalue weighted by molar-refractivity contribution is 6.32. The lowest BCUT2D eigenvalue weighted by Crippen LogP contribution is -2.37. The minimum Gasteiger partial charge on any atom is -0.479 e. The van der Waals surface area contributed by atoms with Crippen LogP contribution < -0.4 is 10.1 Å². The minimum absolute atomic E-state index is 0.207. The minimum atomic E-state index is -0.651. The summed E-state index contributed by atoms with van der Waals surface area (Å²) in [4.78, 5) is 11.8. The van der Waals surface area contributed by atoms with Crippen molar-refractivity contribution in [1.29, 1.82) is 0 Å². The average Bonchev–Trinajstić information content (AvgIpc) is 2.45. The Morgan fingerprint density at radius 3 is 2.71 bits per heavy atom. The molecule has 0 bridgehead atoms. The quantitative estimate of drug-likeness (QED) is 0.722. The lowest BCUT2D eigenvalue weighted by Gasteiger charge is -2.16. The highest BCUT2D eigenvalue weighted by Gasteiger charge is 2.16. The van der Waals surface area contributed by atoms with Crippen LogP contribution in [0.1, 0.15) is 31.9 Å². The molecule has 1 aromatic rings. The van der Waals surface area contributed by atoms with Gasteiger partial charge in [-0.3, -0.25) is 4.79 Å². The van der Waals surface area contributed by atoms with Crippen molar-refractivity contribution in [1.82, 2.24) is 5.32 Å². The van der Waals surface area contributed by atoms with Crippen LogP contribution in [0.25, 0.3) is 0 Å². The summed E-state index contributed by atoms with van der Waals surface area (Å²) in [7, 11) is 1.62. The number of ether oxygens (including phenoxy) is 2. The lowest BCUT2D eigenvalue weighted by atomic mass is 10.1. The number of benzene rings is 1. The number of aliphatic hydroxyl groups excluding tert-OH is 1. The molecule has 0 radical (unpaired) electrons. The summed E-state index contributed by atoms with van der Waals surface area (Å²) in [5.74, 6) is 0.211. The van der Waals surface area contributed by atoms with Crippen molar-refractivity contribution in [2.75, 3.05) is 20.3 Å². The van der Waals surface area contributed by atoms with E-state index >= 15 is 0 Å². The van der Waals surface area contributed by atoms with E-state index in [4.69, 9.17) is 21.1 Å². The summed E-state index contributed by atoms with van der Waals surface area (Å²) in [5, 5.41) is 12.6.